The molecule has 0 fully saturated rings. The van der Waals surface area contributed by atoms with Gasteiger partial charge >= 0.3 is 6.18 Å². The van der Waals surface area contributed by atoms with Gasteiger partial charge in [0.2, 0.25) is 0 Å². The van der Waals surface area contributed by atoms with Crippen molar-refractivity contribution in [2.24, 2.45) is 0 Å². The molecule has 0 amide bonds. The summed E-state index contributed by atoms with van der Waals surface area (Å²) in [5.41, 5.74) is 1.78. The number of rotatable bonds is 5. The fourth-order valence-corrected chi connectivity index (χ4v) is 4.25. The molecular weight excluding hydrogens is 510 g/mol. The first-order valence-electron chi connectivity index (χ1n) is 10.9. The number of para-hydroxylation sites is 1. The fourth-order valence-electron chi connectivity index (χ4n) is 3.93. The van der Waals surface area contributed by atoms with E-state index in [9.17, 15) is 13.2 Å². The molecule has 0 N–H and O–H groups in total. The summed E-state index contributed by atoms with van der Waals surface area (Å²) in [6.45, 7) is 1.81. The average molecular weight is 528 g/mol. The minimum absolute atomic E-state index is 0.0170. The van der Waals surface area contributed by atoms with Crippen molar-refractivity contribution in [3.63, 3.8) is 0 Å². The van der Waals surface area contributed by atoms with Gasteiger partial charge in [-0.1, -0.05) is 47.5 Å². The highest BCUT2D eigenvalue weighted by atomic mass is 35.5. The van der Waals surface area contributed by atoms with Gasteiger partial charge in [-0.15, -0.1) is 0 Å². The van der Waals surface area contributed by atoms with Crippen molar-refractivity contribution >= 4 is 34.2 Å². The Balaban J connectivity index is 1.51. The highest BCUT2D eigenvalue weighted by Gasteiger charge is 2.35. The number of alkyl halides is 3. The van der Waals surface area contributed by atoms with Crippen molar-refractivity contribution in [3.05, 3.63) is 106 Å². The molecule has 3 aromatic carbocycles. The van der Waals surface area contributed by atoms with E-state index in [4.69, 9.17) is 27.9 Å². The van der Waals surface area contributed by atoms with Crippen LogP contribution < -0.4 is 4.74 Å². The van der Waals surface area contributed by atoms with Gasteiger partial charge in [0.25, 0.3) is 0 Å². The SMILES string of the molecule is Cc1nn(-c2ccccc2)c2nc(-c3ccc(OCc4ccc(Cl)c(Cl)c4)cc3)cc(C(F)(F)F)c12. The van der Waals surface area contributed by atoms with Crippen LogP contribution in [0.15, 0.2) is 78.9 Å². The van der Waals surface area contributed by atoms with E-state index in [1.54, 1.807) is 73.7 Å². The maximum Gasteiger partial charge on any atom is 0.417 e. The van der Waals surface area contributed by atoms with Crippen molar-refractivity contribution in [3.8, 4) is 22.7 Å². The first kappa shape index (κ1) is 24.2. The fraction of sp³-hybridized carbons (Fsp3) is 0.111. The maximum absolute atomic E-state index is 14.1. The van der Waals surface area contributed by atoms with E-state index in [1.807, 2.05) is 6.07 Å². The zero-order valence-electron chi connectivity index (χ0n) is 18.9. The first-order chi connectivity index (χ1) is 17.2. The van der Waals surface area contributed by atoms with E-state index in [0.29, 0.717) is 27.0 Å². The Morgan fingerprint density at radius 1 is 0.889 bits per heavy atom. The number of halogens is 5. The quantitative estimate of drug-likeness (QED) is 0.230. The Morgan fingerprint density at radius 2 is 1.61 bits per heavy atom. The molecule has 36 heavy (non-hydrogen) atoms. The molecule has 0 bridgehead atoms. The van der Waals surface area contributed by atoms with Crippen LogP contribution in [-0.4, -0.2) is 14.8 Å². The Hall–Kier alpha value is -3.55. The molecule has 0 aliphatic rings. The molecular formula is C27H18Cl2F3N3O. The Bertz CT molecular complexity index is 1550. The molecule has 5 aromatic rings. The molecule has 0 aliphatic carbocycles. The van der Waals surface area contributed by atoms with E-state index < -0.39 is 11.7 Å². The Labute approximate surface area is 214 Å². The predicted octanol–water partition coefficient (Wildman–Crippen LogP) is 8.30. The van der Waals surface area contributed by atoms with Crippen LogP contribution in [0.25, 0.3) is 28.0 Å². The van der Waals surface area contributed by atoms with E-state index in [-0.39, 0.29) is 29.0 Å². The third-order valence-corrected chi connectivity index (χ3v) is 6.40. The lowest BCUT2D eigenvalue weighted by molar-refractivity contribution is -0.136. The van der Waals surface area contributed by atoms with E-state index >= 15 is 0 Å². The third-order valence-electron chi connectivity index (χ3n) is 5.66. The standard InChI is InChI=1S/C27H18Cl2F3N3O/c1-16-25-21(27(30,31)32)14-24(33-26(25)35(34-16)19-5-3-2-4-6-19)18-8-10-20(11-9-18)36-15-17-7-12-22(28)23(29)13-17/h2-14H,15H2,1H3. The van der Waals surface area contributed by atoms with Gasteiger partial charge in [0.05, 0.1) is 38.1 Å². The predicted molar refractivity (Wildman–Crippen MR) is 135 cm³/mol. The molecule has 0 aliphatic heterocycles. The zero-order chi connectivity index (χ0) is 25.4. The molecule has 0 saturated heterocycles. The van der Waals surface area contributed by atoms with E-state index in [2.05, 4.69) is 10.1 Å². The van der Waals surface area contributed by atoms with Crippen molar-refractivity contribution in [2.75, 3.05) is 0 Å². The second-order valence-electron chi connectivity index (χ2n) is 8.15. The summed E-state index contributed by atoms with van der Waals surface area (Å²) in [6, 6.07) is 22.0. The summed E-state index contributed by atoms with van der Waals surface area (Å²) in [7, 11) is 0. The molecule has 0 radical (unpaired) electrons. The average Bonchev–Trinajstić information content (AvgIpc) is 3.21. The summed E-state index contributed by atoms with van der Waals surface area (Å²) in [5, 5.41) is 5.23. The van der Waals surface area contributed by atoms with Gasteiger partial charge in [0, 0.05) is 5.56 Å². The molecule has 9 heteroatoms. The molecule has 182 valence electrons. The summed E-state index contributed by atoms with van der Waals surface area (Å²) in [6.07, 6.45) is -4.58. The molecule has 2 aromatic heterocycles. The Morgan fingerprint density at radius 3 is 2.28 bits per heavy atom. The van der Waals surface area contributed by atoms with Gasteiger partial charge in [-0.05, 0) is 67.1 Å². The van der Waals surface area contributed by atoms with Gasteiger partial charge in [0.15, 0.2) is 5.65 Å². The number of hydrogen-bond donors (Lipinski definition) is 0. The second-order valence-corrected chi connectivity index (χ2v) is 8.96. The van der Waals surface area contributed by atoms with Crippen molar-refractivity contribution in [1.29, 1.82) is 0 Å². The Kier molecular flexibility index (Phi) is 6.36. The highest BCUT2D eigenvalue weighted by Crippen LogP contribution is 2.39. The topological polar surface area (TPSA) is 39.9 Å². The number of aryl methyl sites for hydroxylation is 1. The molecule has 0 spiro atoms. The zero-order valence-corrected chi connectivity index (χ0v) is 20.4. The van der Waals surface area contributed by atoms with Crippen LogP contribution >= 0.6 is 23.2 Å². The number of nitrogens with zero attached hydrogens (tertiary/aromatic N) is 3. The molecule has 0 unspecified atom stereocenters. The van der Waals surface area contributed by atoms with E-state index in [0.717, 1.165) is 11.6 Å². The van der Waals surface area contributed by atoms with Crippen LogP contribution in [-0.2, 0) is 12.8 Å². The molecule has 4 nitrogen and oxygen atoms in total. The minimum Gasteiger partial charge on any atom is -0.489 e. The number of fused-ring (bicyclic) bond motifs is 1. The normalized spacial score (nSPS) is 11.7. The van der Waals surface area contributed by atoms with Gasteiger partial charge < -0.3 is 4.74 Å². The molecule has 2 heterocycles. The smallest absolute Gasteiger partial charge is 0.417 e. The lowest BCUT2D eigenvalue weighted by Crippen LogP contribution is -2.08. The monoisotopic (exact) mass is 527 g/mol. The van der Waals surface area contributed by atoms with Crippen LogP contribution in [0.2, 0.25) is 10.0 Å². The first-order valence-corrected chi connectivity index (χ1v) is 11.7. The highest BCUT2D eigenvalue weighted by molar-refractivity contribution is 6.42. The van der Waals surface area contributed by atoms with Gasteiger partial charge in [-0.2, -0.15) is 18.3 Å². The molecule has 0 saturated carbocycles. The maximum atomic E-state index is 14.1. The number of pyridine rings is 1. The lowest BCUT2D eigenvalue weighted by Gasteiger charge is -2.12. The second kappa shape index (κ2) is 9.48. The summed E-state index contributed by atoms with van der Waals surface area (Å²) < 4.78 is 49.5. The number of benzene rings is 3. The van der Waals surface area contributed by atoms with Gasteiger partial charge in [-0.3, -0.25) is 0 Å². The summed E-state index contributed by atoms with van der Waals surface area (Å²) in [4.78, 5) is 4.59. The van der Waals surface area contributed by atoms with Crippen LogP contribution in [0, 0.1) is 6.92 Å². The molecule has 0 atom stereocenters. The van der Waals surface area contributed by atoms with Crippen LogP contribution in [0.3, 0.4) is 0 Å². The molecule has 5 rings (SSSR count). The van der Waals surface area contributed by atoms with Crippen LogP contribution in [0.5, 0.6) is 5.75 Å². The number of aromatic nitrogens is 3. The summed E-state index contributed by atoms with van der Waals surface area (Å²) in [5.74, 6) is 0.548. The van der Waals surface area contributed by atoms with Crippen molar-refractivity contribution in [1.82, 2.24) is 14.8 Å². The van der Waals surface area contributed by atoms with Crippen molar-refractivity contribution in [2.45, 2.75) is 19.7 Å². The third kappa shape index (κ3) is 4.76. The lowest BCUT2D eigenvalue weighted by atomic mass is 10.0. The van der Waals surface area contributed by atoms with E-state index in [1.165, 1.54) is 4.68 Å². The summed E-state index contributed by atoms with van der Waals surface area (Å²) >= 11 is 12.0. The van der Waals surface area contributed by atoms with Gasteiger partial charge in [-0.25, -0.2) is 9.67 Å². The van der Waals surface area contributed by atoms with Crippen LogP contribution in [0.4, 0.5) is 13.2 Å². The van der Waals surface area contributed by atoms with Gasteiger partial charge in [0.1, 0.15) is 12.4 Å². The largest absolute Gasteiger partial charge is 0.489 e. The number of hydrogen-bond acceptors (Lipinski definition) is 3. The number of ether oxygens (including phenoxy) is 1. The van der Waals surface area contributed by atoms with Crippen LogP contribution in [0.1, 0.15) is 16.8 Å². The van der Waals surface area contributed by atoms with Crippen molar-refractivity contribution < 1.29 is 17.9 Å². The minimum atomic E-state index is -4.58.